The largest absolute Gasteiger partial charge is 0.396 e. The molecule has 0 aromatic rings. The average Bonchev–Trinajstić information content (AvgIpc) is 2.14. The molecule has 0 radical (unpaired) electrons. The second-order valence-electron chi connectivity index (χ2n) is 3.49. The van der Waals surface area contributed by atoms with E-state index in [2.05, 4.69) is 12.2 Å². The Hall–Kier alpha value is -0.120. The van der Waals surface area contributed by atoms with Crippen molar-refractivity contribution in [3.63, 3.8) is 0 Å². The van der Waals surface area contributed by atoms with Crippen LogP contribution in [0.25, 0.3) is 0 Å². The van der Waals surface area contributed by atoms with Crippen molar-refractivity contribution in [2.24, 2.45) is 5.73 Å². The molecule has 0 aliphatic rings. The summed E-state index contributed by atoms with van der Waals surface area (Å²) in [4.78, 5) is 0. The first-order chi connectivity index (χ1) is 6.31. The van der Waals surface area contributed by atoms with Crippen molar-refractivity contribution < 1.29 is 5.11 Å². The van der Waals surface area contributed by atoms with E-state index >= 15 is 0 Å². The summed E-state index contributed by atoms with van der Waals surface area (Å²) in [7, 11) is 0. The molecule has 0 rings (SSSR count). The van der Waals surface area contributed by atoms with Crippen molar-refractivity contribution in [3.05, 3.63) is 0 Å². The van der Waals surface area contributed by atoms with Crippen LogP contribution in [0.15, 0.2) is 0 Å². The number of rotatable bonds is 9. The van der Waals surface area contributed by atoms with Gasteiger partial charge in [-0.25, -0.2) is 0 Å². The number of hydrogen-bond acceptors (Lipinski definition) is 3. The minimum atomic E-state index is 0.161. The second kappa shape index (κ2) is 9.96. The van der Waals surface area contributed by atoms with Gasteiger partial charge in [-0.2, -0.15) is 0 Å². The van der Waals surface area contributed by atoms with E-state index in [4.69, 9.17) is 10.8 Å². The molecule has 4 N–H and O–H groups in total. The zero-order valence-electron chi connectivity index (χ0n) is 8.76. The Morgan fingerprint density at radius 2 is 2.00 bits per heavy atom. The lowest BCUT2D eigenvalue weighted by Crippen LogP contribution is -2.37. The van der Waals surface area contributed by atoms with Gasteiger partial charge < -0.3 is 16.2 Å². The van der Waals surface area contributed by atoms with E-state index in [1.165, 1.54) is 12.8 Å². The van der Waals surface area contributed by atoms with Crippen LogP contribution in [0.1, 0.15) is 45.4 Å². The third-order valence-corrected chi connectivity index (χ3v) is 2.11. The fourth-order valence-corrected chi connectivity index (χ4v) is 1.23. The smallest absolute Gasteiger partial charge is 0.0546 e. The highest BCUT2D eigenvalue weighted by Gasteiger charge is 1.98. The lowest BCUT2D eigenvalue weighted by Gasteiger charge is -2.12. The Labute approximate surface area is 81.7 Å². The molecule has 13 heavy (non-hydrogen) atoms. The molecule has 3 heteroatoms. The molecule has 3 nitrogen and oxygen atoms in total. The molecular formula is C10H24N2O. The zero-order valence-corrected chi connectivity index (χ0v) is 8.76. The average molecular weight is 188 g/mol. The lowest BCUT2D eigenvalue weighted by atomic mass is 10.2. The van der Waals surface area contributed by atoms with Crippen molar-refractivity contribution in [3.8, 4) is 0 Å². The van der Waals surface area contributed by atoms with Gasteiger partial charge in [-0.1, -0.05) is 19.8 Å². The van der Waals surface area contributed by atoms with Crippen molar-refractivity contribution >= 4 is 0 Å². The van der Waals surface area contributed by atoms with E-state index in [9.17, 15) is 0 Å². The number of hydrogen-bond donors (Lipinski definition) is 3. The monoisotopic (exact) mass is 188 g/mol. The summed E-state index contributed by atoms with van der Waals surface area (Å²) >= 11 is 0. The molecule has 0 saturated heterocycles. The maximum atomic E-state index is 8.55. The molecule has 0 aromatic heterocycles. The molecule has 0 bridgehead atoms. The van der Waals surface area contributed by atoms with Crippen LogP contribution < -0.4 is 11.1 Å². The maximum Gasteiger partial charge on any atom is 0.0546 e. The normalized spacial score (nSPS) is 13.2. The molecule has 80 valence electrons. The van der Waals surface area contributed by atoms with E-state index in [0.717, 1.165) is 32.2 Å². The Bertz CT molecular complexity index is 98.9. The van der Waals surface area contributed by atoms with Crippen molar-refractivity contribution in [1.29, 1.82) is 0 Å². The molecule has 0 heterocycles. The van der Waals surface area contributed by atoms with Gasteiger partial charge in [0.2, 0.25) is 0 Å². The van der Waals surface area contributed by atoms with Gasteiger partial charge in [0.15, 0.2) is 0 Å². The summed E-state index contributed by atoms with van der Waals surface area (Å²) in [5.74, 6) is 0. The number of unbranched alkanes of at least 4 members (excludes halogenated alkanes) is 3. The van der Waals surface area contributed by atoms with Crippen molar-refractivity contribution in [2.75, 3.05) is 13.2 Å². The maximum absolute atomic E-state index is 8.55. The Kier molecular flexibility index (Phi) is 9.87. The SMILES string of the molecule is CCCCC(N)NCCCCCO. The molecular weight excluding hydrogens is 164 g/mol. The summed E-state index contributed by atoms with van der Waals surface area (Å²) in [6.45, 7) is 3.46. The number of nitrogens with one attached hydrogen (secondary N) is 1. The van der Waals surface area contributed by atoms with E-state index in [1.54, 1.807) is 0 Å². The van der Waals surface area contributed by atoms with Gasteiger partial charge in [0, 0.05) is 6.61 Å². The topological polar surface area (TPSA) is 58.3 Å². The van der Waals surface area contributed by atoms with Gasteiger partial charge in [-0.3, -0.25) is 0 Å². The van der Waals surface area contributed by atoms with Crippen molar-refractivity contribution in [2.45, 2.75) is 51.6 Å². The summed E-state index contributed by atoms with van der Waals surface area (Å²) in [6.07, 6.45) is 6.74. The van der Waals surface area contributed by atoms with Gasteiger partial charge in [-0.15, -0.1) is 0 Å². The molecule has 0 saturated carbocycles. The quantitative estimate of drug-likeness (QED) is 0.376. The third-order valence-electron chi connectivity index (χ3n) is 2.11. The molecule has 1 unspecified atom stereocenters. The molecule has 1 atom stereocenters. The molecule has 0 fully saturated rings. The summed E-state index contributed by atoms with van der Waals surface area (Å²) in [6, 6.07) is 0. The lowest BCUT2D eigenvalue weighted by molar-refractivity contribution is 0.282. The Morgan fingerprint density at radius 3 is 2.62 bits per heavy atom. The van der Waals surface area contributed by atoms with Gasteiger partial charge in [0.25, 0.3) is 0 Å². The highest BCUT2D eigenvalue weighted by molar-refractivity contribution is 4.58. The van der Waals surface area contributed by atoms with Crippen LogP contribution in [-0.4, -0.2) is 24.4 Å². The van der Waals surface area contributed by atoms with E-state index < -0.39 is 0 Å². The number of nitrogens with two attached hydrogens (primary N) is 1. The van der Waals surface area contributed by atoms with E-state index in [1.807, 2.05) is 0 Å². The van der Waals surface area contributed by atoms with Gasteiger partial charge >= 0.3 is 0 Å². The first-order valence-electron chi connectivity index (χ1n) is 5.41. The summed E-state index contributed by atoms with van der Waals surface area (Å²) < 4.78 is 0. The van der Waals surface area contributed by atoms with Crippen LogP contribution in [0.2, 0.25) is 0 Å². The van der Waals surface area contributed by atoms with Gasteiger partial charge in [-0.05, 0) is 32.2 Å². The standard InChI is InChI=1S/C10H24N2O/c1-2-3-7-10(11)12-8-5-4-6-9-13/h10,12-13H,2-9,11H2,1H3. The van der Waals surface area contributed by atoms with Crippen LogP contribution in [0.3, 0.4) is 0 Å². The highest BCUT2D eigenvalue weighted by Crippen LogP contribution is 1.97. The van der Waals surface area contributed by atoms with E-state index in [0.29, 0.717) is 6.61 Å². The van der Waals surface area contributed by atoms with Crippen LogP contribution in [0, 0.1) is 0 Å². The van der Waals surface area contributed by atoms with Crippen LogP contribution in [0.4, 0.5) is 0 Å². The zero-order chi connectivity index (χ0) is 9.94. The molecule has 0 aliphatic carbocycles. The Morgan fingerprint density at radius 1 is 1.23 bits per heavy atom. The molecule has 0 spiro atoms. The van der Waals surface area contributed by atoms with Crippen LogP contribution >= 0.6 is 0 Å². The highest BCUT2D eigenvalue weighted by atomic mass is 16.2. The minimum absolute atomic E-state index is 0.161. The first-order valence-corrected chi connectivity index (χ1v) is 5.41. The van der Waals surface area contributed by atoms with Crippen LogP contribution in [0.5, 0.6) is 0 Å². The number of aliphatic hydroxyl groups is 1. The molecule has 0 aromatic carbocycles. The second-order valence-corrected chi connectivity index (χ2v) is 3.49. The third kappa shape index (κ3) is 9.80. The first kappa shape index (κ1) is 12.9. The summed E-state index contributed by atoms with van der Waals surface area (Å²) in [5.41, 5.74) is 5.81. The van der Waals surface area contributed by atoms with Crippen LogP contribution in [-0.2, 0) is 0 Å². The van der Waals surface area contributed by atoms with Crippen molar-refractivity contribution in [1.82, 2.24) is 5.32 Å². The fourth-order valence-electron chi connectivity index (χ4n) is 1.23. The Balaban J connectivity index is 3.03. The predicted molar refractivity (Wildman–Crippen MR) is 56.4 cm³/mol. The van der Waals surface area contributed by atoms with Gasteiger partial charge in [0.05, 0.1) is 6.17 Å². The number of aliphatic hydroxyl groups excluding tert-OH is 1. The van der Waals surface area contributed by atoms with Gasteiger partial charge in [0.1, 0.15) is 0 Å². The van der Waals surface area contributed by atoms with E-state index in [-0.39, 0.29) is 6.17 Å². The molecule has 0 aliphatic heterocycles. The fraction of sp³-hybridized carbons (Fsp3) is 1.00. The minimum Gasteiger partial charge on any atom is -0.396 e. The molecule has 0 amide bonds. The summed E-state index contributed by atoms with van der Waals surface area (Å²) in [5, 5.41) is 11.8. The predicted octanol–water partition coefficient (Wildman–Crippen LogP) is 1.21.